The van der Waals surface area contributed by atoms with Gasteiger partial charge in [0.15, 0.2) is 5.78 Å². The molecule has 1 aliphatic heterocycles. The van der Waals surface area contributed by atoms with Crippen LogP contribution in [-0.2, 0) is 6.42 Å². The van der Waals surface area contributed by atoms with Gasteiger partial charge in [-0.3, -0.25) is 9.59 Å². The van der Waals surface area contributed by atoms with Crippen LogP contribution in [0.5, 0.6) is 0 Å². The molecule has 3 N–H and O–H groups in total. The first-order valence-corrected chi connectivity index (χ1v) is 7.25. The normalized spacial score (nSPS) is 14.2. The third-order valence-electron chi connectivity index (χ3n) is 3.79. The van der Waals surface area contributed by atoms with E-state index < -0.39 is 0 Å². The number of aromatic nitrogens is 1. The van der Waals surface area contributed by atoms with Crippen LogP contribution in [0.4, 0.5) is 0 Å². The zero-order valence-electron chi connectivity index (χ0n) is 12.8. The van der Waals surface area contributed by atoms with Gasteiger partial charge in [-0.1, -0.05) is 13.3 Å². The minimum Gasteiger partial charge on any atom is -0.354 e. The van der Waals surface area contributed by atoms with E-state index in [1.165, 1.54) is 0 Å². The van der Waals surface area contributed by atoms with Crippen molar-refractivity contribution in [2.24, 2.45) is 5.92 Å². The van der Waals surface area contributed by atoms with Crippen molar-refractivity contribution in [1.82, 2.24) is 15.6 Å². The van der Waals surface area contributed by atoms with Gasteiger partial charge in [0.25, 0.3) is 5.91 Å². The van der Waals surface area contributed by atoms with Gasteiger partial charge in [-0.05, 0) is 25.8 Å². The van der Waals surface area contributed by atoms with Gasteiger partial charge in [0.1, 0.15) is 5.69 Å². The lowest BCUT2D eigenvalue weighted by Crippen LogP contribution is -2.48. The van der Waals surface area contributed by atoms with Gasteiger partial charge < -0.3 is 15.6 Å². The number of carbonyl (C=O) groups is 2. The molecule has 1 aromatic rings. The summed E-state index contributed by atoms with van der Waals surface area (Å²) in [5.74, 6) is 0.442. The number of ketones is 1. The zero-order valence-corrected chi connectivity index (χ0v) is 13.7. The number of nitrogens with one attached hydrogen (secondary N) is 3. The van der Waals surface area contributed by atoms with Gasteiger partial charge in [-0.25, -0.2) is 0 Å². The standard InChI is InChI=1S/C15H23N3O2.ClH/c1-4-5-12-13(10(3)19)9(2)18-14(12)15(20)17-8-11-6-16-7-11;/h11,16,18H,4-8H2,1-3H3,(H,17,20);1H. The van der Waals surface area contributed by atoms with E-state index in [-0.39, 0.29) is 24.1 Å². The lowest BCUT2D eigenvalue weighted by molar-refractivity contribution is 0.0936. The van der Waals surface area contributed by atoms with Crippen LogP contribution in [0.15, 0.2) is 0 Å². The number of rotatable bonds is 6. The second-order valence-electron chi connectivity index (χ2n) is 5.52. The maximum absolute atomic E-state index is 12.3. The zero-order chi connectivity index (χ0) is 14.7. The summed E-state index contributed by atoms with van der Waals surface area (Å²) in [5, 5.41) is 6.14. The lowest BCUT2D eigenvalue weighted by Gasteiger charge is -2.27. The number of carbonyl (C=O) groups excluding carboxylic acids is 2. The smallest absolute Gasteiger partial charge is 0.268 e. The van der Waals surface area contributed by atoms with E-state index in [1.54, 1.807) is 6.92 Å². The topological polar surface area (TPSA) is 74.0 Å². The van der Waals surface area contributed by atoms with Crippen LogP contribution in [-0.4, -0.2) is 36.3 Å². The first-order valence-electron chi connectivity index (χ1n) is 7.25. The summed E-state index contributed by atoms with van der Waals surface area (Å²) in [6.07, 6.45) is 1.65. The SMILES string of the molecule is CCCc1c(C(=O)NCC2CNC2)[nH]c(C)c1C(C)=O.Cl. The van der Waals surface area contributed by atoms with E-state index >= 15 is 0 Å². The van der Waals surface area contributed by atoms with Crippen LogP contribution < -0.4 is 10.6 Å². The number of halogens is 1. The molecule has 21 heavy (non-hydrogen) atoms. The Kier molecular flexibility index (Phi) is 6.42. The molecule has 1 amide bonds. The summed E-state index contributed by atoms with van der Waals surface area (Å²) in [5.41, 5.74) is 2.89. The molecule has 0 radical (unpaired) electrons. The van der Waals surface area contributed by atoms with Crippen molar-refractivity contribution in [1.29, 1.82) is 0 Å². The van der Waals surface area contributed by atoms with Crippen LogP contribution in [0.3, 0.4) is 0 Å². The Morgan fingerprint density at radius 1 is 1.33 bits per heavy atom. The van der Waals surface area contributed by atoms with Crippen LogP contribution >= 0.6 is 12.4 Å². The summed E-state index contributed by atoms with van der Waals surface area (Å²) >= 11 is 0. The Morgan fingerprint density at radius 2 is 2.00 bits per heavy atom. The number of hydrogen-bond donors (Lipinski definition) is 3. The fourth-order valence-electron chi connectivity index (χ4n) is 2.67. The highest BCUT2D eigenvalue weighted by Gasteiger charge is 2.23. The van der Waals surface area contributed by atoms with E-state index in [0.717, 1.165) is 37.2 Å². The second kappa shape index (κ2) is 7.61. The number of aromatic amines is 1. The first kappa shape index (κ1) is 17.7. The van der Waals surface area contributed by atoms with E-state index in [4.69, 9.17) is 0 Å². The second-order valence-corrected chi connectivity index (χ2v) is 5.52. The molecule has 1 aromatic heterocycles. The molecular weight excluding hydrogens is 290 g/mol. The minimum atomic E-state index is -0.101. The molecule has 1 aliphatic rings. The van der Waals surface area contributed by atoms with Crippen LogP contribution in [0, 0.1) is 12.8 Å². The molecule has 1 saturated heterocycles. The van der Waals surface area contributed by atoms with Gasteiger partial charge in [0, 0.05) is 36.8 Å². The third-order valence-corrected chi connectivity index (χ3v) is 3.79. The molecule has 6 heteroatoms. The molecule has 0 bridgehead atoms. The number of hydrogen-bond acceptors (Lipinski definition) is 3. The van der Waals surface area contributed by atoms with Crippen molar-refractivity contribution < 1.29 is 9.59 Å². The third kappa shape index (κ3) is 3.86. The number of aryl methyl sites for hydroxylation is 1. The highest BCUT2D eigenvalue weighted by molar-refractivity contribution is 6.02. The average molecular weight is 314 g/mol. The Labute approximate surface area is 131 Å². The number of Topliss-reactive ketones (excluding diaryl/α,β-unsaturated/α-hetero) is 1. The molecule has 2 rings (SSSR count). The summed E-state index contributed by atoms with van der Waals surface area (Å²) in [6.45, 7) is 8.06. The van der Waals surface area contributed by atoms with Crippen molar-refractivity contribution in [3.05, 3.63) is 22.5 Å². The molecule has 5 nitrogen and oxygen atoms in total. The van der Waals surface area contributed by atoms with E-state index in [2.05, 4.69) is 15.6 Å². The average Bonchev–Trinajstić information content (AvgIpc) is 2.64. The van der Waals surface area contributed by atoms with Crippen molar-refractivity contribution in [2.45, 2.75) is 33.6 Å². The monoisotopic (exact) mass is 313 g/mol. The van der Waals surface area contributed by atoms with Crippen LogP contribution in [0.2, 0.25) is 0 Å². The Balaban J connectivity index is 0.00000220. The highest BCUT2D eigenvalue weighted by atomic mass is 35.5. The van der Waals surface area contributed by atoms with Gasteiger partial charge in [-0.15, -0.1) is 12.4 Å². The quantitative estimate of drug-likeness (QED) is 0.702. The molecule has 1 fully saturated rings. The van der Waals surface area contributed by atoms with Crippen molar-refractivity contribution in [3.8, 4) is 0 Å². The van der Waals surface area contributed by atoms with E-state index in [1.807, 2.05) is 13.8 Å². The summed E-state index contributed by atoms with van der Waals surface area (Å²) in [6, 6.07) is 0. The van der Waals surface area contributed by atoms with Gasteiger partial charge >= 0.3 is 0 Å². The molecule has 0 aromatic carbocycles. The molecule has 0 aliphatic carbocycles. The predicted molar refractivity (Wildman–Crippen MR) is 85.5 cm³/mol. The van der Waals surface area contributed by atoms with Gasteiger partial charge in [0.05, 0.1) is 0 Å². The number of amides is 1. The summed E-state index contributed by atoms with van der Waals surface area (Å²) < 4.78 is 0. The van der Waals surface area contributed by atoms with Crippen molar-refractivity contribution in [3.63, 3.8) is 0 Å². The molecule has 0 atom stereocenters. The van der Waals surface area contributed by atoms with Crippen LogP contribution in [0.25, 0.3) is 0 Å². The molecule has 118 valence electrons. The van der Waals surface area contributed by atoms with E-state index in [0.29, 0.717) is 23.7 Å². The Hall–Kier alpha value is -1.33. The molecule has 0 saturated carbocycles. The Morgan fingerprint density at radius 3 is 2.48 bits per heavy atom. The molecule has 2 heterocycles. The van der Waals surface area contributed by atoms with Crippen LogP contribution in [0.1, 0.15) is 52.4 Å². The fraction of sp³-hybridized carbons (Fsp3) is 0.600. The summed E-state index contributed by atoms with van der Waals surface area (Å²) in [4.78, 5) is 27.1. The highest BCUT2D eigenvalue weighted by Crippen LogP contribution is 2.21. The fourth-order valence-corrected chi connectivity index (χ4v) is 2.67. The maximum Gasteiger partial charge on any atom is 0.268 e. The number of H-pyrrole nitrogens is 1. The first-order chi connectivity index (χ1) is 9.54. The predicted octanol–water partition coefficient (Wildman–Crippen LogP) is 1.85. The lowest BCUT2D eigenvalue weighted by atomic mass is 10.0. The van der Waals surface area contributed by atoms with Gasteiger partial charge in [-0.2, -0.15) is 0 Å². The van der Waals surface area contributed by atoms with E-state index in [9.17, 15) is 9.59 Å². The minimum absolute atomic E-state index is 0. The molecular formula is C15H24ClN3O2. The van der Waals surface area contributed by atoms with Crippen molar-refractivity contribution in [2.75, 3.05) is 19.6 Å². The Bertz CT molecular complexity index is 521. The molecule has 0 spiro atoms. The summed E-state index contributed by atoms with van der Waals surface area (Å²) in [7, 11) is 0. The maximum atomic E-state index is 12.3. The van der Waals surface area contributed by atoms with Crippen molar-refractivity contribution >= 4 is 24.1 Å². The molecule has 0 unspecified atom stereocenters. The van der Waals surface area contributed by atoms with Gasteiger partial charge in [0.2, 0.25) is 0 Å². The largest absolute Gasteiger partial charge is 0.354 e.